The maximum Gasteiger partial charge on any atom is 0.321 e. The zero-order valence-corrected chi connectivity index (χ0v) is 18.7. The summed E-state index contributed by atoms with van der Waals surface area (Å²) in [5, 5.41) is 2.21. The number of piperidine rings is 1. The molecule has 33 heavy (non-hydrogen) atoms. The lowest BCUT2D eigenvalue weighted by molar-refractivity contribution is -0.166. The number of hydrogen-bond donors (Lipinski definition) is 0. The number of carbonyl (C=O) groups is 3. The van der Waals surface area contributed by atoms with Gasteiger partial charge in [0.1, 0.15) is 0 Å². The van der Waals surface area contributed by atoms with Crippen LogP contribution in [0.25, 0.3) is 16.8 Å². The number of imide groups is 1. The molecule has 1 fully saturated rings. The van der Waals surface area contributed by atoms with Gasteiger partial charge in [0, 0.05) is 12.1 Å². The molecule has 0 aromatic heterocycles. The normalized spacial score (nSPS) is 18.6. The number of benzene rings is 3. The van der Waals surface area contributed by atoms with Crippen molar-refractivity contribution in [1.29, 1.82) is 0 Å². The largest absolute Gasteiger partial charge is 0.465 e. The molecule has 3 aromatic rings. The van der Waals surface area contributed by atoms with E-state index in [1.165, 1.54) is 4.90 Å². The molecule has 5 nitrogen and oxygen atoms in total. The van der Waals surface area contributed by atoms with Crippen LogP contribution in [-0.4, -0.2) is 35.8 Å². The molecule has 5 heteroatoms. The Morgan fingerprint density at radius 3 is 2.52 bits per heavy atom. The molecule has 1 saturated heterocycles. The van der Waals surface area contributed by atoms with E-state index in [4.69, 9.17) is 4.74 Å². The van der Waals surface area contributed by atoms with Gasteiger partial charge in [-0.2, -0.15) is 0 Å². The molecule has 0 bridgehead atoms. The molecule has 0 saturated carbocycles. The molecule has 1 atom stereocenters. The number of likely N-dealkylation sites (tertiary alicyclic amines) is 1. The molecule has 1 heterocycles. The highest BCUT2D eigenvalue weighted by atomic mass is 16.5. The summed E-state index contributed by atoms with van der Waals surface area (Å²) in [5.74, 6) is -1.43. The van der Waals surface area contributed by atoms with Gasteiger partial charge < -0.3 is 4.74 Å². The van der Waals surface area contributed by atoms with Gasteiger partial charge in [0.25, 0.3) is 5.91 Å². The summed E-state index contributed by atoms with van der Waals surface area (Å²) in [5.41, 5.74) is 0.0316. The molecule has 0 spiro atoms. The number of carbonyl (C=O) groups excluding carboxylic acids is 3. The van der Waals surface area contributed by atoms with E-state index in [0.29, 0.717) is 24.9 Å². The maximum absolute atomic E-state index is 13.6. The third-order valence-electron chi connectivity index (χ3n) is 6.16. The first kappa shape index (κ1) is 22.5. The number of ether oxygens (including phenoxy) is 1. The fourth-order valence-electron chi connectivity index (χ4n) is 4.45. The molecule has 0 N–H and O–H groups in total. The van der Waals surface area contributed by atoms with Gasteiger partial charge in [0.15, 0.2) is 5.41 Å². The standard InChI is InChI=1S/C28H27NO4/c1-2-33-27(32)28(18-9-16-22-15-8-14-21-11-6-7-17-24(21)22)19-10-20-29(26(28)31)25(30)23-12-4-3-5-13-23/h3-9,11-17H,2,10,18-20H2,1H3/t28-/m0/s1. The highest BCUT2D eigenvalue weighted by molar-refractivity contribution is 6.13. The summed E-state index contributed by atoms with van der Waals surface area (Å²) < 4.78 is 5.33. The Morgan fingerprint density at radius 1 is 1.00 bits per heavy atom. The SMILES string of the molecule is CCOC(=O)[C@@]1(CC=Cc2cccc3ccccc23)CCCN(C(=O)c2ccccc2)C1=O. The van der Waals surface area contributed by atoms with Crippen LogP contribution in [0.4, 0.5) is 0 Å². The fraction of sp³-hybridized carbons (Fsp3) is 0.250. The third-order valence-corrected chi connectivity index (χ3v) is 6.16. The van der Waals surface area contributed by atoms with E-state index in [-0.39, 0.29) is 18.9 Å². The molecule has 0 radical (unpaired) electrons. The van der Waals surface area contributed by atoms with Crippen molar-refractivity contribution in [2.45, 2.75) is 26.2 Å². The van der Waals surface area contributed by atoms with Crippen molar-refractivity contribution >= 4 is 34.6 Å². The van der Waals surface area contributed by atoms with Crippen molar-refractivity contribution in [2.75, 3.05) is 13.2 Å². The number of fused-ring (bicyclic) bond motifs is 1. The van der Waals surface area contributed by atoms with Crippen LogP contribution in [0.2, 0.25) is 0 Å². The molecule has 168 valence electrons. The second-order valence-corrected chi connectivity index (χ2v) is 8.21. The quantitative estimate of drug-likeness (QED) is 0.298. The summed E-state index contributed by atoms with van der Waals surface area (Å²) >= 11 is 0. The minimum absolute atomic E-state index is 0.173. The van der Waals surface area contributed by atoms with Crippen molar-refractivity contribution in [3.05, 3.63) is 90.0 Å². The summed E-state index contributed by atoms with van der Waals surface area (Å²) in [4.78, 5) is 40.9. The molecule has 4 rings (SSSR count). The zero-order valence-electron chi connectivity index (χ0n) is 18.7. The highest BCUT2D eigenvalue weighted by Crippen LogP contribution is 2.38. The van der Waals surface area contributed by atoms with Crippen LogP contribution in [0.15, 0.2) is 78.9 Å². The van der Waals surface area contributed by atoms with Crippen LogP contribution in [0.1, 0.15) is 42.1 Å². The van der Waals surface area contributed by atoms with E-state index in [9.17, 15) is 14.4 Å². The lowest BCUT2D eigenvalue weighted by atomic mass is 9.75. The Bertz CT molecular complexity index is 1200. The molecule has 3 aromatic carbocycles. The van der Waals surface area contributed by atoms with Gasteiger partial charge >= 0.3 is 5.97 Å². The number of amides is 2. The van der Waals surface area contributed by atoms with E-state index >= 15 is 0 Å². The molecule has 1 aliphatic rings. The summed E-state index contributed by atoms with van der Waals surface area (Å²) in [6, 6.07) is 22.8. The van der Waals surface area contributed by atoms with Crippen molar-refractivity contribution in [2.24, 2.45) is 5.41 Å². The first-order valence-electron chi connectivity index (χ1n) is 11.3. The van der Waals surface area contributed by atoms with Gasteiger partial charge in [-0.25, -0.2) is 0 Å². The van der Waals surface area contributed by atoms with E-state index in [1.807, 2.05) is 60.7 Å². The number of esters is 1. The predicted octanol–water partition coefficient (Wildman–Crippen LogP) is 5.26. The Kier molecular flexibility index (Phi) is 6.68. The van der Waals surface area contributed by atoms with Crippen LogP contribution < -0.4 is 0 Å². The van der Waals surface area contributed by atoms with Gasteiger partial charge in [-0.1, -0.05) is 72.8 Å². The second kappa shape index (κ2) is 9.82. The second-order valence-electron chi connectivity index (χ2n) is 8.21. The number of hydrogen-bond acceptors (Lipinski definition) is 4. The van der Waals surface area contributed by atoms with Crippen LogP contribution in [0, 0.1) is 5.41 Å². The maximum atomic E-state index is 13.6. The lowest BCUT2D eigenvalue weighted by Crippen LogP contribution is -2.55. The predicted molar refractivity (Wildman–Crippen MR) is 128 cm³/mol. The Morgan fingerprint density at radius 2 is 1.73 bits per heavy atom. The van der Waals surface area contributed by atoms with Gasteiger partial charge in [-0.05, 0) is 54.7 Å². The third kappa shape index (κ3) is 4.44. The van der Waals surface area contributed by atoms with Crippen molar-refractivity contribution in [1.82, 2.24) is 4.90 Å². The molecule has 0 unspecified atom stereocenters. The first-order valence-corrected chi connectivity index (χ1v) is 11.3. The Hall–Kier alpha value is -3.73. The van der Waals surface area contributed by atoms with Gasteiger partial charge in [0.2, 0.25) is 5.91 Å². The molecule has 2 amide bonds. The molecular formula is C28H27NO4. The monoisotopic (exact) mass is 441 g/mol. The first-order chi connectivity index (χ1) is 16.1. The molecular weight excluding hydrogens is 414 g/mol. The molecule has 0 aliphatic carbocycles. The van der Waals surface area contributed by atoms with Gasteiger partial charge in [-0.3, -0.25) is 19.3 Å². The number of rotatable bonds is 6. The Labute approximate surface area is 193 Å². The van der Waals surface area contributed by atoms with E-state index < -0.39 is 17.3 Å². The average molecular weight is 442 g/mol. The number of nitrogens with zero attached hydrogens (tertiary/aromatic N) is 1. The number of allylic oxidation sites excluding steroid dienone is 1. The van der Waals surface area contributed by atoms with E-state index in [2.05, 4.69) is 0 Å². The summed E-state index contributed by atoms with van der Waals surface area (Å²) in [6.45, 7) is 2.19. The fourth-order valence-corrected chi connectivity index (χ4v) is 4.45. The average Bonchev–Trinajstić information content (AvgIpc) is 2.85. The minimum Gasteiger partial charge on any atom is -0.465 e. The lowest BCUT2D eigenvalue weighted by Gasteiger charge is -2.38. The molecule has 1 aliphatic heterocycles. The van der Waals surface area contributed by atoms with Crippen LogP contribution in [-0.2, 0) is 14.3 Å². The van der Waals surface area contributed by atoms with E-state index in [1.54, 1.807) is 31.2 Å². The minimum atomic E-state index is -1.40. The highest BCUT2D eigenvalue weighted by Gasteiger charge is 2.52. The van der Waals surface area contributed by atoms with Crippen molar-refractivity contribution in [3.63, 3.8) is 0 Å². The zero-order chi connectivity index (χ0) is 23.3. The smallest absolute Gasteiger partial charge is 0.321 e. The Balaban J connectivity index is 1.64. The summed E-state index contributed by atoms with van der Waals surface area (Å²) in [6.07, 6.45) is 4.86. The van der Waals surface area contributed by atoms with Crippen molar-refractivity contribution < 1.29 is 19.1 Å². The van der Waals surface area contributed by atoms with Crippen LogP contribution in [0.3, 0.4) is 0 Å². The van der Waals surface area contributed by atoms with Crippen LogP contribution in [0.5, 0.6) is 0 Å². The van der Waals surface area contributed by atoms with E-state index in [0.717, 1.165) is 16.3 Å². The van der Waals surface area contributed by atoms with Crippen LogP contribution >= 0.6 is 0 Å². The summed E-state index contributed by atoms with van der Waals surface area (Å²) in [7, 11) is 0. The van der Waals surface area contributed by atoms with Gasteiger partial charge in [-0.15, -0.1) is 0 Å². The van der Waals surface area contributed by atoms with Crippen molar-refractivity contribution in [3.8, 4) is 0 Å². The van der Waals surface area contributed by atoms with Gasteiger partial charge in [0.05, 0.1) is 6.61 Å². The topological polar surface area (TPSA) is 63.7 Å².